The van der Waals surface area contributed by atoms with E-state index in [4.69, 9.17) is 10.9 Å². The molecule has 4 N–H and O–H groups in total. The first kappa shape index (κ1) is 16.0. The van der Waals surface area contributed by atoms with Gasteiger partial charge in [-0.25, -0.2) is 0 Å². The highest BCUT2D eigenvalue weighted by molar-refractivity contribution is 6.05. The van der Waals surface area contributed by atoms with Gasteiger partial charge in [0.1, 0.15) is 5.41 Å². The molecule has 1 aromatic carbocycles. The smallest absolute Gasteiger partial charge is 0.233 e. The number of amides is 1. The van der Waals surface area contributed by atoms with Gasteiger partial charge >= 0.3 is 0 Å². The van der Waals surface area contributed by atoms with E-state index < -0.39 is 5.41 Å². The first-order chi connectivity index (χ1) is 9.28. The SMILES string of the molecule is CC(C)c1ccc(CNC(=O)C(C)(C)C(N)=NO)cc1. The van der Waals surface area contributed by atoms with E-state index in [1.165, 1.54) is 5.56 Å². The molecule has 110 valence electrons. The van der Waals surface area contributed by atoms with Crippen LogP contribution in [0.5, 0.6) is 0 Å². The van der Waals surface area contributed by atoms with E-state index >= 15 is 0 Å². The minimum Gasteiger partial charge on any atom is -0.409 e. The van der Waals surface area contributed by atoms with Crippen molar-refractivity contribution in [3.63, 3.8) is 0 Å². The zero-order chi connectivity index (χ0) is 15.3. The Bertz CT molecular complexity index is 490. The van der Waals surface area contributed by atoms with Crippen LogP contribution in [0.25, 0.3) is 0 Å². The highest BCUT2D eigenvalue weighted by Crippen LogP contribution is 2.17. The molecule has 1 rings (SSSR count). The Kier molecular flexibility index (Phi) is 5.13. The molecule has 0 unspecified atom stereocenters. The number of benzene rings is 1. The molecule has 20 heavy (non-hydrogen) atoms. The number of hydrogen-bond acceptors (Lipinski definition) is 3. The van der Waals surface area contributed by atoms with Gasteiger partial charge in [-0.1, -0.05) is 43.3 Å². The first-order valence-corrected chi connectivity index (χ1v) is 6.64. The second-order valence-electron chi connectivity index (χ2n) is 5.69. The molecule has 1 aromatic rings. The molecule has 0 spiro atoms. The van der Waals surface area contributed by atoms with E-state index in [0.29, 0.717) is 12.5 Å². The number of oxime groups is 1. The standard InChI is InChI=1S/C15H23N3O2/c1-10(2)12-7-5-11(6-8-12)9-17-14(19)15(3,4)13(16)18-20/h5-8,10,20H,9H2,1-4H3,(H2,16,18)(H,17,19). The predicted molar refractivity (Wildman–Crippen MR) is 79.6 cm³/mol. The molecule has 0 fully saturated rings. The van der Waals surface area contributed by atoms with Crippen LogP contribution in [0.2, 0.25) is 0 Å². The van der Waals surface area contributed by atoms with Crippen LogP contribution in [0.4, 0.5) is 0 Å². The van der Waals surface area contributed by atoms with E-state index in [0.717, 1.165) is 5.56 Å². The Morgan fingerprint density at radius 2 is 1.90 bits per heavy atom. The van der Waals surface area contributed by atoms with Crippen molar-refractivity contribution in [2.75, 3.05) is 0 Å². The van der Waals surface area contributed by atoms with Crippen LogP contribution in [-0.4, -0.2) is 17.0 Å². The van der Waals surface area contributed by atoms with Crippen LogP contribution in [0, 0.1) is 5.41 Å². The Balaban J connectivity index is 2.65. The van der Waals surface area contributed by atoms with Gasteiger partial charge in [-0.2, -0.15) is 0 Å². The second kappa shape index (κ2) is 6.41. The predicted octanol–water partition coefficient (Wildman–Crippen LogP) is 2.20. The number of carbonyl (C=O) groups is 1. The monoisotopic (exact) mass is 277 g/mol. The van der Waals surface area contributed by atoms with E-state index in [-0.39, 0.29) is 11.7 Å². The zero-order valence-corrected chi connectivity index (χ0v) is 12.5. The van der Waals surface area contributed by atoms with Crippen molar-refractivity contribution >= 4 is 11.7 Å². The average Bonchev–Trinajstić information content (AvgIpc) is 2.43. The van der Waals surface area contributed by atoms with Crippen molar-refractivity contribution in [3.8, 4) is 0 Å². The van der Waals surface area contributed by atoms with Gasteiger partial charge in [-0.3, -0.25) is 4.79 Å². The summed E-state index contributed by atoms with van der Waals surface area (Å²) in [5.74, 6) is 0.101. The molecule has 0 aliphatic carbocycles. The summed E-state index contributed by atoms with van der Waals surface area (Å²) >= 11 is 0. The molecule has 5 heteroatoms. The fraction of sp³-hybridized carbons (Fsp3) is 0.467. The molecule has 0 saturated heterocycles. The molecule has 0 aliphatic rings. The lowest BCUT2D eigenvalue weighted by Crippen LogP contribution is -2.45. The maximum atomic E-state index is 12.0. The largest absolute Gasteiger partial charge is 0.409 e. The third-order valence-electron chi connectivity index (χ3n) is 3.42. The minimum atomic E-state index is -1.04. The maximum Gasteiger partial charge on any atom is 0.233 e. The number of carbonyl (C=O) groups excluding carboxylic acids is 1. The summed E-state index contributed by atoms with van der Waals surface area (Å²) in [5.41, 5.74) is 6.75. The van der Waals surface area contributed by atoms with Crippen LogP contribution in [0.1, 0.15) is 44.7 Å². The van der Waals surface area contributed by atoms with Crippen LogP contribution in [-0.2, 0) is 11.3 Å². The molecule has 0 atom stereocenters. The van der Waals surface area contributed by atoms with Gasteiger partial charge < -0.3 is 16.3 Å². The fourth-order valence-electron chi connectivity index (χ4n) is 1.67. The third kappa shape index (κ3) is 3.73. The molecular weight excluding hydrogens is 254 g/mol. The highest BCUT2D eigenvalue weighted by atomic mass is 16.4. The molecule has 0 heterocycles. The number of hydrogen-bond donors (Lipinski definition) is 3. The molecule has 0 aromatic heterocycles. The van der Waals surface area contributed by atoms with Gasteiger partial charge in [0.05, 0.1) is 0 Å². The van der Waals surface area contributed by atoms with Crippen molar-refractivity contribution < 1.29 is 10.0 Å². The lowest BCUT2D eigenvalue weighted by molar-refractivity contribution is -0.126. The Morgan fingerprint density at radius 1 is 1.35 bits per heavy atom. The Hall–Kier alpha value is -2.04. The number of amidine groups is 1. The van der Waals surface area contributed by atoms with Crippen LogP contribution >= 0.6 is 0 Å². The van der Waals surface area contributed by atoms with Gasteiger partial charge in [0.15, 0.2) is 5.84 Å². The van der Waals surface area contributed by atoms with Gasteiger partial charge in [0, 0.05) is 6.54 Å². The van der Waals surface area contributed by atoms with E-state index in [2.05, 4.69) is 36.5 Å². The lowest BCUT2D eigenvalue weighted by atomic mass is 9.91. The van der Waals surface area contributed by atoms with Gasteiger partial charge in [0.25, 0.3) is 0 Å². The Labute approximate surface area is 119 Å². The summed E-state index contributed by atoms with van der Waals surface area (Å²) in [6, 6.07) is 8.10. The quantitative estimate of drug-likeness (QED) is 0.334. The van der Waals surface area contributed by atoms with E-state index in [1.54, 1.807) is 13.8 Å². The fourth-order valence-corrected chi connectivity index (χ4v) is 1.67. The zero-order valence-electron chi connectivity index (χ0n) is 12.5. The molecule has 5 nitrogen and oxygen atoms in total. The normalized spacial score (nSPS) is 12.6. The van der Waals surface area contributed by atoms with E-state index in [1.807, 2.05) is 12.1 Å². The number of nitrogens with one attached hydrogen (secondary N) is 1. The lowest BCUT2D eigenvalue weighted by Gasteiger charge is -2.21. The molecule has 0 bridgehead atoms. The van der Waals surface area contributed by atoms with Crippen molar-refractivity contribution in [1.29, 1.82) is 0 Å². The first-order valence-electron chi connectivity index (χ1n) is 6.64. The molecule has 0 aliphatic heterocycles. The second-order valence-corrected chi connectivity index (χ2v) is 5.69. The molecular formula is C15H23N3O2. The molecule has 0 radical (unpaired) electrons. The van der Waals surface area contributed by atoms with Crippen LogP contribution in [0.15, 0.2) is 29.4 Å². The van der Waals surface area contributed by atoms with Crippen molar-refractivity contribution in [2.45, 2.75) is 40.2 Å². The number of nitrogens with two attached hydrogens (primary N) is 1. The van der Waals surface area contributed by atoms with Gasteiger partial charge in [-0.05, 0) is 30.9 Å². The summed E-state index contributed by atoms with van der Waals surface area (Å²) in [5, 5.41) is 14.4. The number of rotatable bonds is 5. The van der Waals surface area contributed by atoms with Crippen molar-refractivity contribution in [3.05, 3.63) is 35.4 Å². The van der Waals surface area contributed by atoms with Crippen LogP contribution in [0.3, 0.4) is 0 Å². The Morgan fingerprint density at radius 3 is 2.35 bits per heavy atom. The van der Waals surface area contributed by atoms with Crippen molar-refractivity contribution in [2.24, 2.45) is 16.3 Å². The highest BCUT2D eigenvalue weighted by Gasteiger charge is 2.32. The van der Waals surface area contributed by atoms with E-state index in [9.17, 15) is 4.79 Å². The van der Waals surface area contributed by atoms with Gasteiger partial charge in [-0.15, -0.1) is 0 Å². The summed E-state index contributed by atoms with van der Waals surface area (Å²) in [6.45, 7) is 7.91. The van der Waals surface area contributed by atoms with Crippen molar-refractivity contribution in [1.82, 2.24) is 5.32 Å². The third-order valence-corrected chi connectivity index (χ3v) is 3.42. The number of nitrogens with zero attached hydrogens (tertiary/aromatic N) is 1. The minimum absolute atomic E-state index is 0.106. The molecule has 0 saturated carbocycles. The topological polar surface area (TPSA) is 87.7 Å². The maximum absolute atomic E-state index is 12.0. The van der Waals surface area contributed by atoms with Crippen LogP contribution < -0.4 is 11.1 Å². The average molecular weight is 277 g/mol. The summed E-state index contributed by atoms with van der Waals surface area (Å²) in [6.07, 6.45) is 0. The molecule has 1 amide bonds. The summed E-state index contributed by atoms with van der Waals surface area (Å²) in [4.78, 5) is 12.0. The van der Waals surface area contributed by atoms with Gasteiger partial charge in [0.2, 0.25) is 5.91 Å². The summed E-state index contributed by atoms with van der Waals surface area (Å²) < 4.78 is 0. The summed E-state index contributed by atoms with van der Waals surface area (Å²) in [7, 11) is 0.